The molecular formula is C11H13F3N2O3S. The van der Waals surface area contributed by atoms with Gasteiger partial charge in [-0.3, -0.25) is 9.59 Å². The van der Waals surface area contributed by atoms with Crippen molar-refractivity contribution >= 4 is 23.2 Å². The van der Waals surface area contributed by atoms with E-state index >= 15 is 0 Å². The molecule has 0 aliphatic rings. The van der Waals surface area contributed by atoms with Crippen LogP contribution in [0, 0.1) is 0 Å². The summed E-state index contributed by atoms with van der Waals surface area (Å²) in [5, 5.41) is 11.0. The molecule has 0 aliphatic heterocycles. The number of carboxylic acid groups (broad SMARTS) is 1. The van der Waals surface area contributed by atoms with E-state index in [1.165, 1.54) is 0 Å². The van der Waals surface area contributed by atoms with Crippen LogP contribution >= 0.6 is 11.3 Å². The number of nitrogens with one attached hydrogen (secondary N) is 1. The van der Waals surface area contributed by atoms with Gasteiger partial charge in [0.15, 0.2) is 5.01 Å². The highest BCUT2D eigenvalue weighted by Crippen LogP contribution is 2.31. The Balaban J connectivity index is 2.71. The number of aromatic nitrogens is 1. The number of carbonyl (C=O) groups excluding carboxylic acids is 1. The summed E-state index contributed by atoms with van der Waals surface area (Å²) in [5.74, 6) is -1.77. The van der Waals surface area contributed by atoms with Crippen LogP contribution in [0.5, 0.6) is 0 Å². The van der Waals surface area contributed by atoms with Crippen molar-refractivity contribution in [2.45, 2.75) is 38.4 Å². The van der Waals surface area contributed by atoms with Crippen molar-refractivity contribution in [3.63, 3.8) is 0 Å². The number of rotatable bonds is 5. The Morgan fingerprint density at radius 3 is 2.45 bits per heavy atom. The molecule has 0 aromatic carbocycles. The molecule has 1 rings (SSSR count). The highest BCUT2D eigenvalue weighted by molar-refractivity contribution is 7.09. The second-order valence-corrected chi connectivity index (χ2v) is 5.63. The monoisotopic (exact) mass is 310 g/mol. The van der Waals surface area contributed by atoms with E-state index in [0.29, 0.717) is 11.3 Å². The SMILES string of the molecule is CC(C)(CCC(=O)O)NC(=O)c1csc(C(F)(F)F)n1. The summed E-state index contributed by atoms with van der Waals surface area (Å²) in [6.45, 7) is 3.18. The molecule has 1 aromatic heterocycles. The fraction of sp³-hybridized carbons (Fsp3) is 0.545. The van der Waals surface area contributed by atoms with Crippen molar-refractivity contribution in [1.29, 1.82) is 0 Å². The molecule has 2 N–H and O–H groups in total. The fourth-order valence-corrected chi connectivity index (χ4v) is 2.03. The van der Waals surface area contributed by atoms with Crippen LogP contribution in [-0.4, -0.2) is 27.5 Å². The lowest BCUT2D eigenvalue weighted by molar-refractivity contribution is -0.138. The van der Waals surface area contributed by atoms with E-state index in [2.05, 4.69) is 10.3 Å². The largest absolute Gasteiger partial charge is 0.481 e. The number of alkyl halides is 3. The van der Waals surface area contributed by atoms with Crippen molar-refractivity contribution < 1.29 is 27.9 Å². The molecule has 1 heterocycles. The van der Waals surface area contributed by atoms with E-state index in [0.717, 1.165) is 5.38 Å². The maximum Gasteiger partial charge on any atom is 0.443 e. The zero-order valence-corrected chi connectivity index (χ0v) is 11.6. The van der Waals surface area contributed by atoms with Gasteiger partial charge >= 0.3 is 12.1 Å². The molecule has 1 aromatic rings. The van der Waals surface area contributed by atoms with Gasteiger partial charge in [-0.1, -0.05) is 0 Å². The molecule has 0 aliphatic carbocycles. The smallest absolute Gasteiger partial charge is 0.443 e. The van der Waals surface area contributed by atoms with Gasteiger partial charge in [0.05, 0.1) is 0 Å². The lowest BCUT2D eigenvalue weighted by Crippen LogP contribution is -2.43. The average molecular weight is 310 g/mol. The van der Waals surface area contributed by atoms with Crippen molar-refractivity contribution in [2.75, 3.05) is 0 Å². The van der Waals surface area contributed by atoms with E-state index < -0.39 is 28.6 Å². The van der Waals surface area contributed by atoms with Crippen molar-refractivity contribution in [3.8, 4) is 0 Å². The normalized spacial score (nSPS) is 12.2. The number of carboxylic acids is 1. The Morgan fingerprint density at radius 2 is 2.00 bits per heavy atom. The molecule has 112 valence electrons. The maximum absolute atomic E-state index is 12.4. The lowest BCUT2D eigenvalue weighted by atomic mass is 9.98. The molecule has 9 heteroatoms. The third kappa shape index (κ3) is 4.80. The molecule has 0 spiro atoms. The summed E-state index contributed by atoms with van der Waals surface area (Å²) in [6, 6.07) is 0. The summed E-state index contributed by atoms with van der Waals surface area (Å²) in [5.41, 5.74) is -1.18. The number of nitrogens with zero attached hydrogens (tertiary/aromatic N) is 1. The minimum Gasteiger partial charge on any atom is -0.481 e. The van der Waals surface area contributed by atoms with Crippen LogP contribution in [0.3, 0.4) is 0 Å². The van der Waals surface area contributed by atoms with Crippen LogP contribution in [0.1, 0.15) is 42.2 Å². The summed E-state index contributed by atoms with van der Waals surface area (Å²) in [4.78, 5) is 25.5. The first kappa shape index (κ1) is 16.4. The predicted molar refractivity (Wildman–Crippen MR) is 65.5 cm³/mol. The van der Waals surface area contributed by atoms with E-state index in [4.69, 9.17) is 5.11 Å². The van der Waals surface area contributed by atoms with Crippen molar-refractivity contribution in [1.82, 2.24) is 10.3 Å². The molecule has 0 fully saturated rings. The molecule has 1 amide bonds. The van der Waals surface area contributed by atoms with Crippen LogP contribution in [0.25, 0.3) is 0 Å². The number of hydrogen-bond acceptors (Lipinski definition) is 4. The summed E-state index contributed by atoms with van der Waals surface area (Å²) in [6.07, 6.45) is -4.58. The fourth-order valence-electron chi connectivity index (χ4n) is 1.36. The second-order valence-electron chi connectivity index (χ2n) is 4.77. The van der Waals surface area contributed by atoms with Gasteiger partial charge in [0.2, 0.25) is 0 Å². The zero-order chi connectivity index (χ0) is 15.6. The lowest BCUT2D eigenvalue weighted by Gasteiger charge is -2.25. The predicted octanol–water partition coefficient (Wildman–Crippen LogP) is 2.54. The Hall–Kier alpha value is -1.64. The number of hydrogen-bond donors (Lipinski definition) is 2. The average Bonchev–Trinajstić information content (AvgIpc) is 2.74. The van der Waals surface area contributed by atoms with Gasteiger partial charge in [0.25, 0.3) is 5.91 Å². The third-order valence-electron chi connectivity index (χ3n) is 2.40. The third-order valence-corrected chi connectivity index (χ3v) is 3.28. The standard InChI is InChI=1S/C11H13F3N2O3S/c1-10(2,4-3-7(17)18)16-8(19)6-5-20-9(15-6)11(12,13)14/h5H,3-4H2,1-2H3,(H,16,19)(H,17,18). The molecule has 5 nitrogen and oxygen atoms in total. The number of thiazole rings is 1. The molecular weight excluding hydrogens is 297 g/mol. The minimum absolute atomic E-state index is 0.155. The second kappa shape index (κ2) is 5.78. The molecule has 0 unspecified atom stereocenters. The van der Waals surface area contributed by atoms with Crippen molar-refractivity contribution in [2.24, 2.45) is 0 Å². The van der Waals surface area contributed by atoms with Gasteiger partial charge in [-0.05, 0) is 20.3 Å². The van der Waals surface area contributed by atoms with Gasteiger partial charge < -0.3 is 10.4 Å². The van der Waals surface area contributed by atoms with E-state index in [-0.39, 0.29) is 18.5 Å². The molecule has 0 saturated heterocycles. The number of halogens is 3. The molecule has 0 saturated carbocycles. The molecule has 0 atom stereocenters. The first-order valence-electron chi connectivity index (χ1n) is 5.58. The minimum atomic E-state index is -4.58. The zero-order valence-electron chi connectivity index (χ0n) is 10.7. The Labute approximate surface area is 116 Å². The summed E-state index contributed by atoms with van der Waals surface area (Å²) < 4.78 is 37.1. The molecule has 0 radical (unpaired) electrons. The molecule has 20 heavy (non-hydrogen) atoms. The topological polar surface area (TPSA) is 79.3 Å². The Bertz CT molecular complexity index is 511. The van der Waals surface area contributed by atoms with Crippen LogP contribution in [-0.2, 0) is 11.0 Å². The Kier molecular flexibility index (Phi) is 4.74. The first-order chi connectivity index (χ1) is 9.01. The van der Waals surface area contributed by atoms with E-state index in [9.17, 15) is 22.8 Å². The van der Waals surface area contributed by atoms with Crippen LogP contribution in [0.2, 0.25) is 0 Å². The highest BCUT2D eigenvalue weighted by Gasteiger charge is 2.35. The van der Waals surface area contributed by atoms with E-state index in [1.54, 1.807) is 13.8 Å². The number of amides is 1. The van der Waals surface area contributed by atoms with Gasteiger partial charge in [-0.2, -0.15) is 13.2 Å². The quantitative estimate of drug-likeness (QED) is 0.876. The summed E-state index contributed by atoms with van der Waals surface area (Å²) >= 11 is 0.338. The van der Waals surface area contributed by atoms with Crippen LogP contribution < -0.4 is 5.32 Å². The van der Waals surface area contributed by atoms with Gasteiger partial charge in [-0.15, -0.1) is 11.3 Å². The first-order valence-corrected chi connectivity index (χ1v) is 6.46. The van der Waals surface area contributed by atoms with E-state index in [1.807, 2.05) is 0 Å². The number of carbonyl (C=O) groups is 2. The molecule has 0 bridgehead atoms. The van der Waals surface area contributed by atoms with Crippen LogP contribution in [0.15, 0.2) is 5.38 Å². The number of aliphatic carboxylic acids is 1. The Morgan fingerprint density at radius 1 is 1.40 bits per heavy atom. The summed E-state index contributed by atoms with van der Waals surface area (Å²) in [7, 11) is 0. The highest BCUT2D eigenvalue weighted by atomic mass is 32.1. The maximum atomic E-state index is 12.4. The van der Waals surface area contributed by atoms with Gasteiger partial charge in [-0.25, -0.2) is 4.98 Å². The van der Waals surface area contributed by atoms with Crippen molar-refractivity contribution in [3.05, 3.63) is 16.1 Å². The van der Waals surface area contributed by atoms with Crippen LogP contribution in [0.4, 0.5) is 13.2 Å². The van der Waals surface area contributed by atoms with Gasteiger partial charge in [0.1, 0.15) is 5.69 Å². The van der Waals surface area contributed by atoms with Gasteiger partial charge in [0, 0.05) is 17.3 Å².